The minimum absolute atomic E-state index is 0.204. The molecule has 0 atom stereocenters. The molecule has 0 heterocycles. The average molecular weight is 219 g/mol. The summed E-state index contributed by atoms with van der Waals surface area (Å²) in [5.41, 5.74) is -0.960. The predicted octanol–water partition coefficient (Wildman–Crippen LogP) is 4.65. The van der Waals surface area contributed by atoms with Crippen molar-refractivity contribution in [1.82, 2.24) is 0 Å². The maximum atomic E-state index is 8.45. The second kappa shape index (κ2) is 4.13. The molecule has 0 saturated carbocycles. The Hall–Kier alpha value is -1.56. The van der Waals surface area contributed by atoms with Crippen molar-refractivity contribution in [3.8, 4) is 11.1 Å². The van der Waals surface area contributed by atoms with Gasteiger partial charge in [-0.25, -0.2) is 0 Å². The van der Waals surface area contributed by atoms with Crippen LogP contribution in [0.1, 0.15) is 38.7 Å². The van der Waals surface area contributed by atoms with Gasteiger partial charge < -0.3 is 0 Å². The highest BCUT2D eigenvalue weighted by Crippen LogP contribution is 2.27. The first-order valence-corrected chi connectivity index (χ1v) is 5.00. The lowest BCUT2D eigenvalue weighted by molar-refractivity contribution is 0.590. The Labute approximate surface area is 111 Å². The molecule has 16 heavy (non-hydrogen) atoms. The molecule has 0 spiro atoms. The van der Waals surface area contributed by atoms with Gasteiger partial charge in [0.05, 0.1) is 12.3 Å². The Bertz CT molecular complexity index is 850. The zero-order chi connectivity index (χ0) is 19.4. The van der Waals surface area contributed by atoms with E-state index < -0.39 is 47.7 Å². The van der Waals surface area contributed by atoms with E-state index in [2.05, 4.69) is 0 Å². The molecule has 0 saturated heterocycles. The van der Waals surface area contributed by atoms with E-state index in [1.807, 2.05) is 0 Å². The lowest BCUT2D eigenvalue weighted by Gasteiger charge is -2.19. The Morgan fingerprint density at radius 2 is 1.44 bits per heavy atom. The van der Waals surface area contributed by atoms with Gasteiger partial charge in [0, 0.05) is 0 Å². The largest absolute Gasteiger partial charge is 0.0632 e. The number of benzene rings is 2. The van der Waals surface area contributed by atoms with E-state index in [9.17, 15) is 0 Å². The van der Waals surface area contributed by atoms with Crippen LogP contribution in [0.25, 0.3) is 11.1 Å². The van der Waals surface area contributed by atoms with Crippen LogP contribution in [0.5, 0.6) is 0 Å². The summed E-state index contributed by atoms with van der Waals surface area (Å²) in [6.07, 6.45) is 0. The average Bonchev–Trinajstić information content (AvgIpc) is 2.51. The number of hydrogen-bond acceptors (Lipinski definition) is 0. The van der Waals surface area contributed by atoms with E-state index in [0.29, 0.717) is 0 Å². The first-order chi connectivity index (χ1) is 11.3. The fourth-order valence-corrected chi connectivity index (χ4v) is 1.22. The van der Waals surface area contributed by atoms with Crippen LogP contribution in [-0.2, 0) is 5.41 Å². The molecule has 0 aromatic heterocycles. The van der Waals surface area contributed by atoms with E-state index in [0.717, 1.165) is 0 Å². The van der Waals surface area contributed by atoms with Crippen molar-refractivity contribution in [3.05, 3.63) is 59.9 Å². The summed E-state index contributed by atoms with van der Waals surface area (Å²) in [6.45, 7) is 5.27. The van der Waals surface area contributed by atoms with Gasteiger partial charge in [0.15, 0.2) is 0 Å². The third-order valence-corrected chi connectivity index (χ3v) is 2.12. The van der Waals surface area contributed by atoms with E-state index in [1.54, 1.807) is 20.8 Å². The van der Waals surface area contributed by atoms with Crippen molar-refractivity contribution in [2.75, 3.05) is 0 Å². The lowest BCUT2D eigenvalue weighted by Crippen LogP contribution is -2.10. The Morgan fingerprint density at radius 3 is 2.06 bits per heavy atom. The summed E-state index contributed by atoms with van der Waals surface area (Å²) < 4.78 is 72.1. The molecule has 0 unspecified atom stereocenters. The summed E-state index contributed by atoms with van der Waals surface area (Å²) in [6, 6.07) is -4.15. The van der Waals surface area contributed by atoms with E-state index >= 15 is 0 Å². The molecule has 0 radical (unpaired) electrons. The monoisotopic (exact) mass is 219 g/mol. The number of rotatable bonds is 1. The molecule has 0 bridgehead atoms. The van der Waals surface area contributed by atoms with Gasteiger partial charge in [0.1, 0.15) is 0 Å². The normalized spacial score (nSPS) is 19.3. The highest BCUT2D eigenvalue weighted by Gasteiger charge is 2.13. The topological polar surface area (TPSA) is 0 Å². The van der Waals surface area contributed by atoms with E-state index in [1.165, 1.54) is 0 Å². The van der Waals surface area contributed by atoms with Gasteiger partial charge in [-0.05, 0) is 22.1 Å². The molecule has 0 aliphatic carbocycles. The highest BCUT2D eigenvalue weighted by atomic mass is 14.2. The molecular weight excluding hydrogens is 192 g/mol. The van der Waals surface area contributed by atoms with Gasteiger partial charge in [0.2, 0.25) is 0 Å². The predicted molar refractivity (Wildman–Crippen MR) is 70.6 cm³/mol. The zero-order valence-corrected chi connectivity index (χ0v) is 9.50. The zero-order valence-electron chi connectivity index (χ0n) is 18.5. The van der Waals surface area contributed by atoms with Gasteiger partial charge >= 0.3 is 0 Å². The minimum Gasteiger partial charge on any atom is -0.0622 e. The third-order valence-electron chi connectivity index (χ3n) is 2.12. The molecular formula is C16H18. The van der Waals surface area contributed by atoms with Gasteiger partial charge in [-0.3, -0.25) is 0 Å². The Balaban J connectivity index is 3.09. The number of hydrogen-bond donors (Lipinski definition) is 0. The lowest BCUT2D eigenvalue weighted by atomic mass is 9.85. The summed E-state index contributed by atoms with van der Waals surface area (Å²) in [4.78, 5) is 0. The van der Waals surface area contributed by atoms with Crippen LogP contribution in [0.4, 0.5) is 0 Å². The molecule has 0 nitrogen and oxygen atoms in total. The fourth-order valence-electron chi connectivity index (χ4n) is 1.22. The molecule has 0 aliphatic heterocycles. The fraction of sp³-hybridized carbons (Fsp3) is 0.250. The summed E-state index contributed by atoms with van der Waals surface area (Å²) in [5.74, 6) is 0. The molecule has 2 rings (SSSR count). The van der Waals surface area contributed by atoms with E-state index in [-0.39, 0.29) is 28.8 Å². The maximum Gasteiger partial charge on any atom is 0.0632 e. The van der Waals surface area contributed by atoms with Gasteiger partial charge in [-0.2, -0.15) is 0 Å². The standard InChI is InChI=1S/C16H18/c1-16(2,3)15-11-7-10-14(12-15)13-8-5-4-6-9-13/h4-12H,1-3H3/i4D,5D,6D,7D,8D,9D,10D,11D,12D. The van der Waals surface area contributed by atoms with Crippen LogP contribution in [0.2, 0.25) is 0 Å². The van der Waals surface area contributed by atoms with Crippen molar-refractivity contribution in [1.29, 1.82) is 0 Å². The van der Waals surface area contributed by atoms with Crippen LogP contribution in [0, 0.1) is 0 Å². The van der Waals surface area contributed by atoms with Crippen molar-refractivity contribution in [3.63, 3.8) is 0 Å². The molecule has 0 amide bonds. The first kappa shape index (κ1) is 4.37. The smallest absolute Gasteiger partial charge is 0.0622 e. The second-order valence-corrected chi connectivity index (χ2v) is 4.50. The highest BCUT2D eigenvalue weighted by molar-refractivity contribution is 5.64. The van der Waals surface area contributed by atoms with Crippen molar-refractivity contribution < 1.29 is 12.3 Å². The van der Waals surface area contributed by atoms with Gasteiger partial charge in [-0.1, -0.05) is 75.2 Å². The van der Waals surface area contributed by atoms with Crippen LogP contribution in [0.15, 0.2) is 54.4 Å². The second-order valence-electron chi connectivity index (χ2n) is 4.50. The molecule has 0 N–H and O–H groups in total. The van der Waals surface area contributed by atoms with Crippen molar-refractivity contribution >= 4 is 0 Å². The molecule has 2 aromatic carbocycles. The summed E-state index contributed by atoms with van der Waals surface area (Å²) in [7, 11) is 0. The van der Waals surface area contributed by atoms with Crippen LogP contribution in [-0.4, -0.2) is 0 Å². The minimum atomic E-state index is -0.681. The van der Waals surface area contributed by atoms with Gasteiger partial charge in [-0.15, -0.1) is 0 Å². The molecule has 0 aliphatic rings. The van der Waals surface area contributed by atoms with E-state index in [4.69, 9.17) is 12.3 Å². The molecule has 0 heteroatoms. The summed E-state index contributed by atoms with van der Waals surface area (Å²) in [5, 5.41) is 0. The maximum absolute atomic E-state index is 8.45. The third kappa shape index (κ3) is 2.33. The first-order valence-electron chi connectivity index (χ1n) is 9.50. The molecule has 82 valence electrons. The SMILES string of the molecule is [2H]c1c([2H])c([2H])c(-c2c([2H])c([2H])c([2H])c(C(C)(C)C)c2[2H])c([2H])c1[2H]. The van der Waals surface area contributed by atoms with Crippen molar-refractivity contribution in [2.24, 2.45) is 0 Å². The quantitative estimate of drug-likeness (QED) is 0.655. The Morgan fingerprint density at radius 1 is 0.812 bits per heavy atom. The summed E-state index contributed by atoms with van der Waals surface area (Å²) >= 11 is 0. The van der Waals surface area contributed by atoms with Crippen LogP contribution < -0.4 is 0 Å². The van der Waals surface area contributed by atoms with Crippen molar-refractivity contribution in [2.45, 2.75) is 26.2 Å². The van der Waals surface area contributed by atoms with Crippen LogP contribution in [0.3, 0.4) is 0 Å². The molecule has 0 fully saturated rings. The Kier molecular flexibility index (Phi) is 1.13. The van der Waals surface area contributed by atoms with Gasteiger partial charge in [0.25, 0.3) is 0 Å². The molecule has 2 aromatic rings. The van der Waals surface area contributed by atoms with Crippen LogP contribution >= 0.6 is 0 Å².